The molecule has 1 aromatic carbocycles. The van der Waals surface area contributed by atoms with Crippen LogP contribution in [0, 0.1) is 5.82 Å². The summed E-state index contributed by atoms with van der Waals surface area (Å²) < 4.78 is 12.7. The lowest BCUT2D eigenvalue weighted by Crippen LogP contribution is -1.94. The van der Waals surface area contributed by atoms with E-state index in [1.54, 1.807) is 18.3 Å². The van der Waals surface area contributed by atoms with Gasteiger partial charge in [-0.3, -0.25) is 4.98 Å². The monoisotopic (exact) mass is 222 g/mol. The highest BCUT2D eigenvalue weighted by molar-refractivity contribution is 6.30. The molecule has 2 rings (SSSR count). The average molecular weight is 223 g/mol. The van der Waals surface area contributed by atoms with Crippen LogP contribution in [0.1, 0.15) is 11.3 Å². The van der Waals surface area contributed by atoms with Gasteiger partial charge in [-0.2, -0.15) is 0 Å². The van der Waals surface area contributed by atoms with Crippen LogP contribution in [0.4, 0.5) is 4.39 Å². The van der Waals surface area contributed by atoms with Crippen molar-refractivity contribution in [3.8, 4) is 0 Å². The molecule has 1 heterocycles. The van der Waals surface area contributed by atoms with E-state index in [0.29, 0.717) is 17.3 Å². The van der Waals surface area contributed by atoms with E-state index in [4.69, 9.17) is 11.6 Å². The lowest BCUT2D eigenvalue weighted by atomic mass is 10.1. The second-order valence-corrected chi connectivity index (χ2v) is 3.46. The van der Waals surface area contributed by atoms with Crippen molar-refractivity contribution in [2.75, 3.05) is 0 Å². The molecule has 0 amide bonds. The minimum atomic E-state index is -0.246. The Balaban J connectivity index is 2.22. The van der Waals surface area contributed by atoms with Gasteiger partial charge in [-0.15, -0.1) is 0 Å². The van der Waals surface area contributed by atoms with Gasteiger partial charge < -0.3 is 0 Å². The first-order chi connectivity index (χ1) is 7.25. The summed E-state index contributed by atoms with van der Waals surface area (Å²) in [5, 5.41) is 0.391. The van der Waals surface area contributed by atoms with Crippen LogP contribution in [0.2, 0.25) is 5.15 Å². The predicted molar refractivity (Wildman–Crippen MR) is 56.2 cm³/mol. The van der Waals surface area contributed by atoms with Crippen molar-refractivity contribution in [3.63, 3.8) is 0 Å². The van der Waals surface area contributed by atoms with Crippen LogP contribution in [0.25, 0.3) is 0 Å². The maximum atomic E-state index is 12.7. The number of halogens is 2. The van der Waals surface area contributed by atoms with E-state index in [9.17, 15) is 4.39 Å². The van der Waals surface area contributed by atoms with Gasteiger partial charge in [0.2, 0.25) is 0 Å². The van der Waals surface area contributed by atoms with E-state index in [1.807, 2.05) is 0 Å². The zero-order valence-corrected chi connectivity index (χ0v) is 8.58. The van der Waals surface area contributed by atoms with Gasteiger partial charge in [-0.1, -0.05) is 23.7 Å². The van der Waals surface area contributed by atoms with E-state index >= 15 is 0 Å². The van der Waals surface area contributed by atoms with Crippen molar-refractivity contribution in [2.24, 2.45) is 0 Å². The van der Waals surface area contributed by atoms with Gasteiger partial charge >= 0.3 is 0 Å². The summed E-state index contributed by atoms with van der Waals surface area (Å²) in [5.74, 6) is -0.246. The molecule has 0 spiro atoms. The Bertz CT molecular complexity index is 456. The molecule has 0 atom stereocenters. The van der Waals surface area contributed by atoms with Crippen molar-refractivity contribution in [3.05, 3.63) is 58.9 Å². The maximum Gasteiger partial charge on any atom is 0.150 e. The Morgan fingerprint density at radius 3 is 2.40 bits per heavy atom. The number of benzene rings is 1. The summed E-state index contributed by atoms with van der Waals surface area (Å²) in [6.45, 7) is 0. The van der Waals surface area contributed by atoms with Crippen molar-refractivity contribution < 1.29 is 4.39 Å². The Labute approximate surface area is 91.8 Å². The van der Waals surface area contributed by atoms with E-state index in [2.05, 4.69) is 9.97 Å². The third-order valence-electron chi connectivity index (χ3n) is 2.01. The Kier molecular flexibility index (Phi) is 2.92. The van der Waals surface area contributed by atoms with Crippen LogP contribution in [-0.4, -0.2) is 9.97 Å². The second kappa shape index (κ2) is 4.36. The molecule has 4 heteroatoms. The predicted octanol–water partition coefficient (Wildman–Crippen LogP) is 2.86. The normalized spacial score (nSPS) is 10.3. The molecular formula is C11H8ClFN2. The number of aromatic nitrogens is 2. The molecule has 0 saturated heterocycles. The first kappa shape index (κ1) is 10.1. The smallest absolute Gasteiger partial charge is 0.150 e. The number of nitrogens with zero attached hydrogens (tertiary/aromatic N) is 2. The maximum absolute atomic E-state index is 12.7. The molecule has 0 radical (unpaired) electrons. The van der Waals surface area contributed by atoms with Crippen LogP contribution in [0.5, 0.6) is 0 Å². The Morgan fingerprint density at radius 1 is 1.07 bits per heavy atom. The van der Waals surface area contributed by atoms with Crippen LogP contribution in [0.15, 0.2) is 36.7 Å². The quantitative estimate of drug-likeness (QED) is 0.781. The largest absolute Gasteiger partial charge is 0.256 e. The second-order valence-electron chi connectivity index (χ2n) is 3.10. The van der Waals surface area contributed by atoms with Crippen LogP contribution in [-0.2, 0) is 6.42 Å². The lowest BCUT2D eigenvalue weighted by molar-refractivity contribution is 0.627. The van der Waals surface area contributed by atoms with Gasteiger partial charge in [0.25, 0.3) is 0 Å². The third-order valence-corrected chi connectivity index (χ3v) is 2.32. The molecule has 2 nitrogen and oxygen atoms in total. The molecule has 0 aliphatic heterocycles. The molecule has 15 heavy (non-hydrogen) atoms. The summed E-state index contributed by atoms with van der Waals surface area (Å²) in [6.07, 6.45) is 3.69. The first-order valence-electron chi connectivity index (χ1n) is 4.45. The van der Waals surface area contributed by atoms with Crippen LogP contribution < -0.4 is 0 Å². The molecule has 0 unspecified atom stereocenters. The fraction of sp³-hybridized carbons (Fsp3) is 0.0909. The fourth-order valence-corrected chi connectivity index (χ4v) is 1.44. The number of rotatable bonds is 2. The molecular weight excluding hydrogens is 215 g/mol. The summed E-state index contributed by atoms with van der Waals surface area (Å²) in [5.41, 5.74) is 1.66. The Morgan fingerprint density at radius 2 is 1.73 bits per heavy atom. The van der Waals surface area contributed by atoms with Gasteiger partial charge in [0.1, 0.15) is 5.82 Å². The minimum absolute atomic E-state index is 0.246. The van der Waals surface area contributed by atoms with E-state index < -0.39 is 0 Å². The summed E-state index contributed by atoms with van der Waals surface area (Å²) in [4.78, 5) is 8.03. The standard InChI is InChI=1S/C11H8ClFN2/c12-11-10(14-5-6-15-11)7-8-1-3-9(13)4-2-8/h1-6H,7H2. The Hall–Kier alpha value is -1.48. The number of hydrogen-bond acceptors (Lipinski definition) is 2. The molecule has 0 aliphatic carbocycles. The van der Waals surface area contributed by atoms with E-state index in [1.165, 1.54) is 18.3 Å². The molecule has 2 aromatic rings. The summed E-state index contributed by atoms with van der Waals surface area (Å²) in [6, 6.07) is 6.25. The summed E-state index contributed by atoms with van der Waals surface area (Å²) in [7, 11) is 0. The van der Waals surface area contributed by atoms with Crippen LogP contribution >= 0.6 is 11.6 Å². The molecule has 0 fully saturated rings. The molecule has 0 saturated carbocycles. The van der Waals surface area contributed by atoms with Gasteiger partial charge in [0.15, 0.2) is 5.15 Å². The SMILES string of the molecule is Fc1ccc(Cc2nccnc2Cl)cc1. The highest BCUT2D eigenvalue weighted by Gasteiger charge is 2.03. The molecule has 0 N–H and O–H groups in total. The molecule has 1 aromatic heterocycles. The highest BCUT2D eigenvalue weighted by atomic mass is 35.5. The minimum Gasteiger partial charge on any atom is -0.256 e. The summed E-state index contributed by atoms with van der Waals surface area (Å²) >= 11 is 5.86. The van der Waals surface area contributed by atoms with Crippen molar-refractivity contribution in [1.29, 1.82) is 0 Å². The first-order valence-corrected chi connectivity index (χ1v) is 4.83. The fourth-order valence-electron chi connectivity index (χ4n) is 1.26. The number of hydrogen-bond donors (Lipinski definition) is 0. The van der Waals surface area contributed by atoms with E-state index in [-0.39, 0.29) is 5.82 Å². The average Bonchev–Trinajstić information content (AvgIpc) is 2.25. The van der Waals surface area contributed by atoms with E-state index in [0.717, 1.165) is 5.56 Å². The van der Waals surface area contributed by atoms with Crippen molar-refractivity contribution >= 4 is 11.6 Å². The zero-order valence-electron chi connectivity index (χ0n) is 7.82. The van der Waals surface area contributed by atoms with Gasteiger partial charge in [-0.05, 0) is 17.7 Å². The van der Waals surface area contributed by atoms with Gasteiger partial charge in [0.05, 0.1) is 5.69 Å². The topological polar surface area (TPSA) is 25.8 Å². The highest BCUT2D eigenvalue weighted by Crippen LogP contribution is 2.14. The third kappa shape index (κ3) is 2.50. The molecule has 0 aliphatic rings. The lowest BCUT2D eigenvalue weighted by Gasteiger charge is -2.01. The molecule has 0 bridgehead atoms. The van der Waals surface area contributed by atoms with Gasteiger partial charge in [-0.25, -0.2) is 9.37 Å². The zero-order chi connectivity index (χ0) is 10.7. The molecule has 76 valence electrons. The van der Waals surface area contributed by atoms with Crippen molar-refractivity contribution in [2.45, 2.75) is 6.42 Å². The van der Waals surface area contributed by atoms with Gasteiger partial charge in [0, 0.05) is 18.8 Å². The van der Waals surface area contributed by atoms with Crippen LogP contribution in [0.3, 0.4) is 0 Å². The van der Waals surface area contributed by atoms with Crippen molar-refractivity contribution in [1.82, 2.24) is 9.97 Å².